The van der Waals surface area contributed by atoms with E-state index in [9.17, 15) is 14.0 Å². The van der Waals surface area contributed by atoms with Gasteiger partial charge in [-0.1, -0.05) is 0 Å². The Morgan fingerprint density at radius 3 is 2.52 bits per heavy atom. The molecule has 2 aromatic rings. The van der Waals surface area contributed by atoms with Gasteiger partial charge in [0.15, 0.2) is 0 Å². The second-order valence-electron chi connectivity index (χ2n) is 4.45. The summed E-state index contributed by atoms with van der Waals surface area (Å²) in [4.78, 5) is 27.3. The van der Waals surface area contributed by atoms with Crippen LogP contribution in [-0.2, 0) is 16.1 Å². The number of anilines is 1. The van der Waals surface area contributed by atoms with Crippen LogP contribution in [0.3, 0.4) is 0 Å². The summed E-state index contributed by atoms with van der Waals surface area (Å²) in [6.07, 6.45) is 3.20. The lowest BCUT2D eigenvalue weighted by molar-refractivity contribution is -0.136. The van der Waals surface area contributed by atoms with Crippen molar-refractivity contribution in [2.24, 2.45) is 0 Å². The number of nitrogens with one attached hydrogen (secondary N) is 2. The fraction of sp³-hybridized carbons (Fsp3) is 0.133. The summed E-state index contributed by atoms with van der Waals surface area (Å²) in [6.45, 7) is 1.88. The van der Waals surface area contributed by atoms with Gasteiger partial charge >= 0.3 is 11.8 Å². The topological polar surface area (TPSA) is 71.1 Å². The minimum absolute atomic E-state index is 0.233. The van der Waals surface area contributed by atoms with Crippen LogP contribution in [-0.4, -0.2) is 16.8 Å². The van der Waals surface area contributed by atoms with Gasteiger partial charge in [0.2, 0.25) is 0 Å². The van der Waals surface area contributed by atoms with Crippen molar-refractivity contribution in [1.29, 1.82) is 0 Å². The summed E-state index contributed by atoms with van der Waals surface area (Å²) in [5.74, 6) is -1.94. The number of carbonyl (C=O) groups is 2. The van der Waals surface area contributed by atoms with Crippen LogP contribution in [0, 0.1) is 12.7 Å². The molecule has 0 aliphatic heterocycles. The second kappa shape index (κ2) is 6.60. The largest absolute Gasteiger partial charge is 0.344 e. The number of rotatable bonds is 3. The van der Waals surface area contributed by atoms with Crippen molar-refractivity contribution >= 4 is 17.5 Å². The molecule has 0 saturated carbocycles. The van der Waals surface area contributed by atoms with Gasteiger partial charge in [-0.2, -0.15) is 0 Å². The van der Waals surface area contributed by atoms with Crippen molar-refractivity contribution in [3.63, 3.8) is 0 Å². The van der Waals surface area contributed by atoms with Gasteiger partial charge in [-0.05, 0) is 48.4 Å². The van der Waals surface area contributed by atoms with Crippen LogP contribution in [0.15, 0.2) is 42.7 Å². The Hall–Kier alpha value is -2.76. The first-order chi connectivity index (χ1) is 10.1. The molecule has 5 nitrogen and oxygen atoms in total. The molecule has 0 unspecified atom stereocenters. The molecular weight excluding hydrogens is 273 g/mol. The van der Waals surface area contributed by atoms with Gasteiger partial charge < -0.3 is 10.6 Å². The van der Waals surface area contributed by atoms with Crippen LogP contribution in [0.1, 0.15) is 11.1 Å². The van der Waals surface area contributed by atoms with E-state index < -0.39 is 17.6 Å². The second-order valence-corrected chi connectivity index (χ2v) is 4.45. The molecular formula is C15H14FN3O2. The lowest BCUT2D eigenvalue weighted by Crippen LogP contribution is -2.35. The van der Waals surface area contributed by atoms with Crippen LogP contribution in [0.4, 0.5) is 10.1 Å². The quantitative estimate of drug-likeness (QED) is 0.845. The zero-order valence-electron chi connectivity index (χ0n) is 11.4. The highest BCUT2D eigenvalue weighted by Crippen LogP contribution is 2.15. The van der Waals surface area contributed by atoms with Crippen molar-refractivity contribution in [2.45, 2.75) is 13.5 Å². The predicted molar refractivity (Wildman–Crippen MR) is 75.9 cm³/mol. The van der Waals surface area contributed by atoms with Gasteiger partial charge in [0.25, 0.3) is 0 Å². The Balaban J connectivity index is 1.92. The summed E-state index contributed by atoms with van der Waals surface area (Å²) in [6, 6.07) is 7.39. The van der Waals surface area contributed by atoms with Crippen LogP contribution < -0.4 is 10.6 Å². The average molecular weight is 287 g/mol. The highest BCUT2D eigenvalue weighted by molar-refractivity contribution is 6.39. The Morgan fingerprint density at radius 1 is 1.14 bits per heavy atom. The minimum Gasteiger partial charge on any atom is -0.344 e. The molecule has 108 valence electrons. The van der Waals surface area contributed by atoms with E-state index in [0.717, 1.165) is 5.56 Å². The zero-order valence-corrected chi connectivity index (χ0v) is 11.4. The first-order valence-electron chi connectivity index (χ1n) is 6.30. The Morgan fingerprint density at radius 2 is 1.86 bits per heavy atom. The van der Waals surface area contributed by atoms with E-state index in [1.807, 2.05) is 0 Å². The van der Waals surface area contributed by atoms with Gasteiger partial charge in [-0.25, -0.2) is 4.39 Å². The van der Waals surface area contributed by atoms with Crippen LogP contribution >= 0.6 is 0 Å². The number of nitrogens with zero attached hydrogens (tertiary/aromatic N) is 1. The number of hydrogen-bond acceptors (Lipinski definition) is 3. The minimum atomic E-state index is -0.793. The number of amides is 2. The van der Waals surface area contributed by atoms with Crippen LogP contribution in [0.2, 0.25) is 0 Å². The summed E-state index contributed by atoms with van der Waals surface area (Å²) in [5, 5.41) is 4.94. The Kier molecular flexibility index (Phi) is 4.61. The first kappa shape index (κ1) is 14.6. The molecule has 21 heavy (non-hydrogen) atoms. The predicted octanol–water partition coefficient (Wildman–Crippen LogP) is 1.78. The molecule has 0 aliphatic carbocycles. The molecule has 0 aliphatic rings. The van der Waals surface area contributed by atoms with Crippen LogP contribution in [0.25, 0.3) is 0 Å². The lowest BCUT2D eigenvalue weighted by atomic mass is 10.2. The first-order valence-corrected chi connectivity index (χ1v) is 6.30. The molecule has 0 spiro atoms. The third kappa shape index (κ3) is 4.10. The SMILES string of the molecule is Cc1cc(F)ccc1NC(=O)C(=O)NCc1ccncc1. The Labute approximate surface area is 121 Å². The number of aromatic nitrogens is 1. The van der Waals surface area contributed by atoms with Gasteiger partial charge in [0, 0.05) is 24.6 Å². The number of hydrogen-bond donors (Lipinski definition) is 2. The number of halogens is 1. The molecule has 2 rings (SSSR count). The molecule has 2 N–H and O–H groups in total. The molecule has 0 fully saturated rings. The maximum absolute atomic E-state index is 13.0. The number of benzene rings is 1. The van der Waals surface area contributed by atoms with Crippen LogP contribution in [0.5, 0.6) is 0 Å². The number of pyridine rings is 1. The molecule has 6 heteroatoms. The number of aryl methyl sites for hydroxylation is 1. The number of carbonyl (C=O) groups excluding carboxylic acids is 2. The van der Waals surface area contributed by atoms with Crippen molar-refractivity contribution < 1.29 is 14.0 Å². The molecule has 0 bridgehead atoms. The molecule has 1 heterocycles. The molecule has 0 radical (unpaired) electrons. The van der Waals surface area contributed by atoms with Crippen molar-refractivity contribution in [3.8, 4) is 0 Å². The molecule has 1 aromatic heterocycles. The van der Waals surface area contributed by atoms with E-state index in [2.05, 4.69) is 15.6 Å². The van der Waals surface area contributed by atoms with Gasteiger partial charge in [-0.3, -0.25) is 14.6 Å². The van der Waals surface area contributed by atoms with E-state index in [4.69, 9.17) is 0 Å². The lowest BCUT2D eigenvalue weighted by Gasteiger charge is -2.08. The smallest absolute Gasteiger partial charge is 0.313 e. The van der Waals surface area contributed by atoms with E-state index in [1.165, 1.54) is 18.2 Å². The standard InChI is InChI=1S/C15H14FN3O2/c1-10-8-12(16)2-3-13(10)19-15(21)14(20)18-9-11-4-6-17-7-5-11/h2-8H,9H2,1H3,(H,18,20)(H,19,21). The highest BCUT2D eigenvalue weighted by Gasteiger charge is 2.14. The molecule has 1 aromatic carbocycles. The highest BCUT2D eigenvalue weighted by atomic mass is 19.1. The third-order valence-corrected chi connectivity index (χ3v) is 2.85. The molecule has 0 atom stereocenters. The zero-order chi connectivity index (χ0) is 15.2. The normalized spacial score (nSPS) is 10.0. The van der Waals surface area contributed by atoms with E-state index in [0.29, 0.717) is 11.3 Å². The van der Waals surface area contributed by atoms with Crippen molar-refractivity contribution in [2.75, 3.05) is 5.32 Å². The summed E-state index contributed by atoms with van der Waals surface area (Å²) in [5.41, 5.74) is 1.79. The average Bonchev–Trinajstić information content (AvgIpc) is 2.48. The Bertz CT molecular complexity index is 659. The van der Waals surface area contributed by atoms with Crippen molar-refractivity contribution in [3.05, 3.63) is 59.7 Å². The summed E-state index contributed by atoms with van der Waals surface area (Å²) >= 11 is 0. The summed E-state index contributed by atoms with van der Waals surface area (Å²) < 4.78 is 13.0. The fourth-order valence-corrected chi connectivity index (χ4v) is 1.71. The van der Waals surface area contributed by atoms with Gasteiger partial charge in [-0.15, -0.1) is 0 Å². The fourth-order valence-electron chi connectivity index (χ4n) is 1.71. The maximum atomic E-state index is 13.0. The van der Waals surface area contributed by atoms with E-state index >= 15 is 0 Å². The van der Waals surface area contributed by atoms with Crippen molar-refractivity contribution in [1.82, 2.24) is 10.3 Å². The van der Waals surface area contributed by atoms with Gasteiger partial charge in [0.1, 0.15) is 5.82 Å². The third-order valence-electron chi connectivity index (χ3n) is 2.85. The van der Waals surface area contributed by atoms with Gasteiger partial charge in [0.05, 0.1) is 0 Å². The maximum Gasteiger partial charge on any atom is 0.313 e. The molecule has 0 saturated heterocycles. The molecule has 2 amide bonds. The summed E-state index contributed by atoms with van der Waals surface area (Å²) in [7, 11) is 0. The van der Waals surface area contributed by atoms with E-state index in [-0.39, 0.29) is 6.54 Å². The van der Waals surface area contributed by atoms with E-state index in [1.54, 1.807) is 31.5 Å². The monoisotopic (exact) mass is 287 g/mol.